The molecule has 1 aromatic rings. The van der Waals surface area contributed by atoms with E-state index in [1.54, 1.807) is 19.1 Å². The Morgan fingerprint density at radius 2 is 2.00 bits per heavy atom. The number of rotatable bonds is 4. The van der Waals surface area contributed by atoms with Crippen LogP contribution in [0, 0.1) is 6.92 Å². The number of phenols is 1. The summed E-state index contributed by atoms with van der Waals surface area (Å²) in [4.78, 5) is 22.2. The van der Waals surface area contributed by atoms with Crippen LogP contribution < -0.4 is 4.74 Å². The van der Waals surface area contributed by atoms with Gasteiger partial charge in [0, 0.05) is 0 Å². The summed E-state index contributed by atoms with van der Waals surface area (Å²) in [5, 5.41) is 18.9. The van der Waals surface area contributed by atoms with Crippen LogP contribution >= 0.6 is 0 Å². The molecule has 0 aliphatic carbocycles. The van der Waals surface area contributed by atoms with E-state index in [2.05, 4.69) is 0 Å². The van der Waals surface area contributed by atoms with Crippen molar-refractivity contribution in [3.63, 3.8) is 0 Å². The van der Waals surface area contributed by atoms with Crippen LogP contribution in [-0.2, 0) is 9.59 Å². The van der Waals surface area contributed by atoms with Gasteiger partial charge in [-0.2, -0.15) is 0 Å². The fraction of sp³-hybridized carbons (Fsp3) is 0.143. The number of hydrogen-bond acceptors (Lipinski definition) is 5. The van der Waals surface area contributed by atoms with E-state index in [1.807, 2.05) is 0 Å². The van der Waals surface area contributed by atoms with E-state index in [-0.39, 0.29) is 17.3 Å². The molecule has 1 rings (SSSR count). The van der Waals surface area contributed by atoms with Crippen LogP contribution in [0.2, 0.25) is 0 Å². The third-order valence-corrected chi connectivity index (χ3v) is 2.18. The van der Waals surface area contributed by atoms with Gasteiger partial charge in [0.05, 0.1) is 0 Å². The first-order valence-corrected chi connectivity index (χ1v) is 5.50. The molecular weight excluding hydrogens is 248 g/mol. The molecule has 100 valence electrons. The number of carbonyl (C=O) groups is 2. The Labute approximate surface area is 110 Å². The summed E-state index contributed by atoms with van der Waals surface area (Å²) in [6.07, 6.45) is 3.46. The lowest BCUT2D eigenvalue weighted by Crippen LogP contribution is -2.11. The van der Waals surface area contributed by atoms with Crippen molar-refractivity contribution in [3.05, 3.63) is 47.7 Å². The number of ether oxygens (including phenoxy) is 1. The molecule has 0 spiro atoms. The largest absolute Gasteiger partial charge is 0.504 e. The molecule has 0 amide bonds. The maximum Gasteiger partial charge on any atom is 0.378 e. The Balaban J connectivity index is 2.83. The van der Waals surface area contributed by atoms with Crippen molar-refractivity contribution in [2.75, 3.05) is 0 Å². The first kappa shape index (κ1) is 14.5. The number of aromatic hydroxyl groups is 1. The molecule has 0 radical (unpaired) electrons. The summed E-state index contributed by atoms with van der Waals surface area (Å²) >= 11 is 0. The van der Waals surface area contributed by atoms with Gasteiger partial charge in [0.1, 0.15) is 0 Å². The third kappa shape index (κ3) is 4.31. The standard InChI is InChI=1S/C14H14O5/c1-9-5-3-7-11(16)13(9)19-14(18)12(17)8-4-6-10(2)15/h3-8,16-17H,1-2H3. The minimum absolute atomic E-state index is 0.0111. The maximum atomic E-state index is 11.5. The lowest BCUT2D eigenvalue weighted by molar-refractivity contribution is -0.133. The molecule has 0 saturated heterocycles. The Morgan fingerprint density at radius 1 is 1.32 bits per heavy atom. The number of allylic oxidation sites excluding steroid dienone is 3. The smallest absolute Gasteiger partial charge is 0.378 e. The zero-order chi connectivity index (χ0) is 14.4. The van der Waals surface area contributed by atoms with E-state index in [0.717, 1.165) is 6.08 Å². The van der Waals surface area contributed by atoms with Gasteiger partial charge >= 0.3 is 5.97 Å². The number of hydrogen-bond donors (Lipinski definition) is 2. The number of phenolic OH excluding ortho intramolecular Hbond substituents is 1. The van der Waals surface area contributed by atoms with Crippen molar-refractivity contribution in [3.8, 4) is 11.5 Å². The van der Waals surface area contributed by atoms with E-state index in [9.17, 15) is 19.8 Å². The van der Waals surface area contributed by atoms with E-state index in [1.165, 1.54) is 25.1 Å². The highest BCUT2D eigenvalue weighted by Crippen LogP contribution is 2.29. The molecule has 5 heteroatoms. The van der Waals surface area contributed by atoms with Crippen LogP contribution in [0.3, 0.4) is 0 Å². The highest BCUT2D eigenvalue weighted by atomic mass is 16.6. The third-order valence-electron chi connectivity index (χ3n) is 2.18. The highest BCUT2D eigenvalue weighted by Gasteiger charge is 2.14. The number of aliphatic hydroxyl groups excluding tert-OH is 1. The molecule has 0 fully saturated rings. The number of aliphatic hydroxyl groups is 1. The number of benzene rings is 1. The van der Waals surface area contributed by atoms with Crippen LogP contribution in [0.25, 0.3) is 0 Å². The van der Waals surface area contributed by atoms with Crippen LogP contribution in [0.5, 0.6) is 11.5 Å². The first-order chi connectivity index (χ1) is 8.91. The van der Waals surface area contributed by atoms with Gasteiger partial charge in [-0.3, -0.25) is 4.79 Å². The van der Waals surface area contributed by atoms with E-state index >= 15 is 0 Å². The molecule has 0 saturated carbocycles. The van der Waals surface area contributed by atoms with Gasteiger partial charge in [0.25, 0.3) is 0 Å². The molecule has 0 heterocycles. The summed E-state index contributed by atoms with van der Waals surface area (Å²) in [7, 11) is 0. The zero-order valence-corrected chi connectivity index (χ0v) is 10.6. The lowest BCUT2D eigenvalue weighted by Gasteiger charge is -2.08. The van der Waals surface area contributed by atoms with Crippen molar-refractivity contribution in [2.45, 2.75) is 13.8 Å². The SMILES string of the molecule is CC(=O)C=CC=C(O)C(=O)Oc1c(C)cccc1O. The highest BCUT2D eigenvalue weighted by molar-refractivity contribution is 5.90. The van der Waals surface area contributed by atoms with Crippen molar-refractivity contribution in [1.29, 1.82) is 0 Å². The lowest BCUT2D eigenvalue weighted by atomic mass is 10.2. The van der Waals surface area contributed by atoms with Crippen molar-refractivity contribution < 1.29 is 24.5 Å². The molecule has 0 aliphatic rings. The monoisotopic (exact) mass is 262 g/mol. The van der Waals surface area contributed by atoms with Crippen LogP contribution in [0.1, 0.15) is 12.5 Å². The number of ketones is 1. The quantitative estimate of drug-likeness (QED) is 0.286. The maximum absolute atomic E-state index is 11.5. The van der Waals surface area contributed by atoms with Crippen LogP contribution in [0.15, 0.2) is 42.2 Å². The second-order valence-electron chi connectivity index (χ2n) is 3.83. The molecular formula is C14H14O5. The van der Waals surface area contributed by atoms with Gasteiger partial charge in [0.15, 0.2) is 17.3 Å². The molecule has 19 heavy (non-hydrogen) atoms. The summed E-state index contributed by atoms with van der Waals surface area (Å²) in [6.45, 7) is 2.99. The zero-order valence-electron chi connectivity index (χ0n) is 10.6. The first-order valence-electron chi connectivity index (χ1n) is 5.50. The average molecular weight is 262 g/mol. The molecule has 0 aromatic heterocycles. The predicted molar refractivity (Wildman–Crippen MR) is 69.0 cm³/mol. The number of esters is 1. The fourth-order valence-electron chi connectivity index (χ4n) is 1.26. The Morgan fingerprint density at radius 3 is 2.58 bits per heavy atom. The summed E-state index contributed by atoms with van der Waals surface area (Å²) in [5.41, 5.74) is 0.556. The van der Waals surface area contributed by atoms with Crippen molar-refractivity contribution in [2.24, 2.45) is 0 Å². The second-order valence-corrected chi connectivity index (χ2v) is 3.83. The molecule has 2 N–H and O–H groups in total. The molecule has 1 aromatic carbocycles. The minimum Gasteiger partial charge on any atom is -0.504 e. The number of para-hydroxylation sites is 1. The number of carbonyl (C=O) groups excluding carboxylic acids is 2. The Hall–Kier alpha value is -2.56. The van der Waals surface area contributed by atoms with Crippen LogP contribution in [-0.4, -0.2) is 22.0 Å². The van der Waals surface area contributed by atoms with Crippen molar-refractivity contribution >= 4 is 11.8 Å². The fourth-order valence-corrected chi connectivity index (χ4v) is 1.26. The van der Waals surface area contributed by atoms with Gasteiger partial charge in [-0.25, -0.2) is 4.79 Å². The van der Waals surface area contributed by atoms with E-state index in [4.69, 9.17) is 4.74 Å². The predicted octanol–water partition coefficient (Wildman–Crippen LogP) is 2.19. The topological polar surface area (TPSA) is 83.8 Å². The normalized spacial score (nSPS) is 11.6. The molecule has 0 bridgehead atoms. The van der Waals surface area contributed by atoms with Gasteiger partial charge in [0.2, 0.25) is 5.76 Å². The summed E-state index contributed by atoms with van der Waals surface area (Å²) in [6, 6.07) is 4.62. The van der Waals surface area contributed by atoms with E-state index in [0.29, 0.717) is 5.56 Å². The van der Waals surface area contributed by atoms with Crippen molar-refractivity contribution in [1.82, 2.24) is 0 Å². The van der Waals surface area contributed by atoms with Gasteiger partial charge < -0.3 is 14.9 Å². The minimum atomic E-state index is -1.02. The van der Waals surface area contributed by atoms with Gasteiger partial charge in [-0.15, -0.1) is 0 Å². The Kier molecular flexibility index (Phi) is 4.88. The summed E-state index contributed by atoms with van der Waals surface area (Å²) in [5.74, 6) is -2.10. The van der Waals surface area contributed by atoms with Crippen LogP contribution in [0.4, 0.5) is 0 Å². The molecule has 0 unspecified atom stereocenters. The average Bonchev–Trinajstić information content (AvgIpc) is 2.33. The Bertz CT molecular complexity index is 535. The van der Waals surface area contributed by atoms with Gasteiger partial charge in [-0.1, -0.05) is 18.2 Å². The summed E-state index contributed by atoms with van der Waals surface area (Å²) < 4.78 is 4.87. The molecule has 0 aliphatic heterocycles. The van der Waals surface area contributed by atoms with E-state index < -0.39 is 11.7 Å². The second kappa shape index (κ2) is 6.39. The molecule has 0 atom stereocenters. The molecule has 5 nitrogen and oxygen atoms in total. The van der Waals surface area contributed by atoms with Gasteiger partial charge in [-0.05, 0) is 37.6 Å². The number of aryl methyl sites for hydroxylation is 1.